The number of carbonyl (C=O) groups excluding carboxylic acids is 1. The number of aliphatic hydroxyl groups is 4. The SMILES string of the molecule is O=C[C@H](Oc1cc2c(Cl)c(Br)ccc2[nH]1)[C@@H](O)[C@@H](O)[C@H](O)CO. The largest absolute Gasteiger partial charge is 0.465 e. The van der Waals surface area contributed by atoms with Crippen LogP contribution in [-0.2, 0) is 4.79 Å². The van der Waals surface area contributed by atoms with Crippen molar-refractivity contribution in [3.8, 4) is 5.88 Å². The van der Waals surface area contributed by atoms with E-state index >= 15 is 0 Å². The number of benzene rings is 1. The maximum atomic E-state index is 11.1. The Morgan fingerprint density at radius 3 is 2.61 bits per heavy atom. The third-order valence-corrected chi connectivity index (χ3v) is 4.63. The Hall–Kier alpha value is -1.16. The van der Waals surface area contributed by atoms with Gasteiger partial charge in [-0.25, -0.2) is 0 Å². The van der Waals surface area contributed by atoms with Crippen molar-refractivity contribution in [1.82, 2.24) is 4.98 Å². The molecule has 0 aliphatic rings. The lowest BCUT2D eigenvalue weighted by Gasteiger charge is -2.25. The highest BCUT2D eigenvalue weighted by molar-refractivity contribution is 9.10. The van der Waals surface area contributed by atoms with Crippen LogP contribution in [0.2, 0.25) is 5.02 Å². The van der Waals surface area contributed by atoms with Crippen molar-refractivity contribution >= 4 is 44.7 Å². The smallest absolute Gasteiger partial charge is 0.192 e. The van der Waals surface area contributed by atoms with Crippen molar-refractivity contribution < 1.29 is 30.0 Å². The molecule has 1 aromatic carbocycles. The first-order chi connectivity index (χ1) is 10.9. The van der Waals surface area contributed by atoms with E-state index < -0.39 is 31.0 Å². The van der Waals surface area contributed by atoms with E-state index in [1.54, 1.807) is 18.2 Å². The Bertz CT molecular complexity index is 693. The minimum Gasteiger partial charge on any atom is -0.465 e. The van der Waals surface area contributed by atoms with Gasteiger partial charge >= 0.3 is 0 Å². The van der Waals surface area contributed by atoms with Crippen LogP contribution >= 0.6 is 27.5 Å². The van der Waals surface area contributed by atoms with Gasteiger partial charge in [0.25, 0.3) is 0 Å². The summed E-state index contributed by atoms with van der Waals surface area (Å²) in [5.74, 6) is 0.154. The van der Waals surface area contributed by atoms with Crippen molar-refractivity contribution in [3.63, 3.8) is 0 Å². The van der Waals surface area contributed by atoms with Gasteiger partial charge in [-0.05, 0) is 28.1 Å². The highest BCUT2D eigenvalue weighted by Crippen LogP contribution is 2.33. The quantitative estimate of drug-likeness (QED) is 0.428. The molecule has 0 saturated heterocycles. The normalized spacial score (nSPS) is 16.8. The lowest BCUT2D eigenvalue weighted by Crippen LogP contribution is -2.48. The van der Waals surface area contributed by atoms with Crippen LogP contribution in [0.5, 0.6) is 5.88 Å². The minimum atomic E-state index is -1.74. The summed E-state index contributed by atoms with van der Waals surface area (Å²) in [6.07, 6.45) is -6.20. The van der Waals surface area contributed by atoms with Gasteiger partial charge in [0.15, 0.2) is 18.3 Å². The molecule has 0 fully saturated rings. The number of rotatable bonds is 7. The molecule has 126 valence electrons. The van der Waals surface area contributed by atoms with Crippen molar-refractivity contribution in [2.24, 2.45) is 0 Å². The molecule has 4 atom stereocenters. The van der Waals surface area contributed by atoms with E-state index in [9.17, 15) is 20.1 Å². The van der Waals surface area contributed by atoms with E-state index in [-0.39, 0.29) is 5.88 Å². The number of aldehydes is 1. The number of aliphatic hydroxyl groups excluding tert-OH is 4. The van der Waals surface area contributed by atoms with Gasteiger partial charge in [0, 0.05) is 21.4 Å². The second-order valence-corrected chi connectivity index (χ2v) is 6.14. The maximum Gasteiger partial charge on any atom is 0.192 e. The number of nitrogens with one attached hydrogen (secondary N) is 1. The Labute approximate surface area is 144 Å². The van der Waals surface area contributed by atoms with Gasteiger partial charge in [0.05, 0.1) is 11.6 Å². The molecule has 2 aromatic rings. The number of fused-ring (bicyclic) bond motifs is 1. The molecule has 0 saturated carbocycles. The third-order valence-electron chi connectivity index (χ3n) is 3.33. The zero-order chi connectivity index (χ0) is 17.1. The summed E-state index contributed by atoms with van der Waals surface area (Å²) < 4.78 is 6.01. The van der Waals surface area contributed by atoms with Crippen molar-refractivity contribution in [3.05, 3.63) is 27.7 Å². The second kappa shape index (κ2) is 7.61. The Balaban J connectivity index is 2.22. The van der Waals surface area contributed by atoms with E-state index in [0.29, 0.717) is 26.7 Å². The van der Waals surface area contributed by atoms with Gasteiger partial charge in [-0.3, -0.25) is 4.79 Å². The van der Waals surface area contributed by atoms with Gasteiger partial charge in [-0.1, -0.05) is 11.6 Å². The van der Waals surface area contributed by atoms with Gasteiger partial charge < -0.3 is 30.1 Å². The number of hydrogen-bond acceptors (Lipinski definition) is 6. The van der Waals surface area contributed by atoms with Gasteiger partial charge in [-0.15, -0.1) is 0 Å². The molecule has 23 heavy (non-hydrogen) atoms. The van der Waals surface area contributed by atoms with E-state index in [1.165, 1.54) is 0 Å². The first kappa shape index (κ1) is 18.2. The van der Waals surface area contributed by atoms with E-state index in [4.69, 9.17) is 21.4 Å². The third kappa shape index (κ3) is 3.85. The zero-order valence-electron chi connectivity index (χ0n) is 11.7. The summed E-state index contributed by atoms with van der Waals surface area (Å²) in [5, 5.41) is 38.7. The molecule has 0 aliphatic heterocycles. The molecule has 1 heterocycles. The summed E-state index contributed by atoms with van der Waals surface area (Å²) in [6, 6.07) is 5.02. The summed E-state index contributed by atoms with van der Waals surface area (Å²) in [7, 11) is 0. The summed E-state index contributed by atoms with van der Waals surface area (Å²) in [6.45, 7) is -0.764. The van der Waals surface area contributed by atoms with E-state index in [0.717, 1.165) is 0 Å². The zero-order valence-corrected chi connectivity index (χ0v) is 14.0. The van der Waals surface area contributed by atoms with Crippen molar-refractivity contribution in [1.29, 1.82) is 0 Å². The van der Waals surface area contributed by atoms with Crippen LogP contribution in [0.1, 0.15) is 0 Å². The second-order valence-electron chi connectivity index (χ2n) is 4.91. The molecule has 2 rings (SSSR count). The molecule has 5 N–H and O–H groups in total. The van der Waals surface area contributed by atoms with Crippen LogP contribution in [0, 0.1) is 0 Å². The van der Waals surface area contributed by atoms with Gasteiger partial charge in [0.2, 0.25) is 0 Å². The molecule has 1 aromatic heterocycles. The average Bonchev–Trinajstić information content (AvgIpc) is 2.97. The molecule has 0 unspecified atom stereocenters. The minimum absolute atomic E-state index is 0.154. The molecule has 0 radical (unpaired) electrons. The average molecular weight is 409 g/mol. The van der Waals surface area contributed by atoms with Gasteiger partial charge in [0.1, 0.15) is 18.3 Å². The number of carbonyl (C=O) groups is 1. The predicted octanol–water partition coefficient (Wildman–Crippen LogP) is 0.605. The monoisotopic (exact) mass is 407 g/mol. The molecular weight excluding hydrogens is 394 g/mol. The van der Waals surface area contributed by atoms with E-state index in [1.807, 2.05) is 0 Å². The Morgan fingerprint density at radius 2 is 2.00 bits per heavy atom. The molecule has 0 spiro atoms. The topological polar surface area (TPSA) is 123 Å². The van der Waals surface area contributed by atoms with Crippen molar-refractivity contribution in [2.75, 3.05) is 6.61 Å². The van der Waals surface area contributed by atoms with Crippen molar-refractivity contribution in [2.45, 2.75) is 24.4 Å². The van der Waals surface area contributed by atoms with Crippen LogP contribution in [0.4, 0.5) is 0 Å². The Morgan fingerprint density at radius 1 is 1.30 bits per heavy atom. The lowest BCUT2D eigenvalue weighted by atomic mass is 10.0. The van der Waals surface area contributed by atoms with Crippen LogP contribution in [0.15, 0.2) is 22.7 Å². The molecular formula is C14H15BrClNO6. The number of ether oxygens (including phenoxy) is 1. The lowest BCUT2D eigenvalue weighted by molar-refractivity contribution is -0.133. The summed E-state index contributed by atoms with van der Waals surface area (Å²) >= 11 is 9.43. The molecule has 7 nitrogen and oxygen atoms in total. The number of aromatic nitrogens is 1. The van der Waals surface area contributed by atoms with Crippen LogP contribution in [0.25, 0.3) is 10.9 Å². The summed E-state index contributed by atoms with van der Waals surface area (Å²) in [4.78, 5) is 14.0. The maximum absolute atomic E-state index is 11.1. The predicted molar refractivity (Wildman–Crippen MR) is 86.6 cm³/mol. The fourth-order valence-corrected chi connectivity index (χ4v) is 2.60. The fraction of sp³-hybridized carbons (Fsp3) is 0.357. The molecule has 9 heteroatoms. The molecule has 0 bridgehead atoms. The summed E-state index contributed by atoms with van der Waals surface area (Å²) in [5.41, 5.74) is 0.656. The Kier molecular flexibility index (Phi) is 6.01. The first-order valence-corrected chi connectivity index (χ1v) is 7.79. The standard InChI is InChI=1S/C14H15BrClNO6/c15-7-1-2-8-6(12(7)16)3-11(17-8)23-10(5-19)14(22)13(21)9(20)4-18/h1-3,5,9-10,13-14,17-18,20-22H,4H2/t9-,10+,13+,14-/m1/s1. The van der Waals surface area contributed by atoms with Gasteiger partial charge in [-0.2, -0.15) is 0 Å². The van der Waals surface area contributed by atoms with E-state index in [2.05, 4.69) is 20.9 Å². The first-order valence-electron chi connectivity index (χ1n) is 6.62. The number of hydrogen-bond donors (Lipinski definition) is 5. The fourth-order valence-electron chi connectivity index (χ4n) is 2.03. The molecule has 0 amide bonds. The van der Waals surface area contributed by atoms with Crippen LogP contribution in [0.3, 0.4) is 0 Å². The number of aromatic amines is 1. The van der Waals surface area contributed by atoms with Crippen LogP contribution in [-0.4, -0.2) is 62.7 Å². The highest BCUT2D eigenvalue weighted by Gasteiger charge is 2.32. The number of H-pyrrole nitrogens is 1. The number of halogens is 2. The van der Waals surface area contributed by atoms with Crippen LogP contribution < -0.4 is 4.74 Å². The highest BCUT2D eigenvalue weighted by atomic mass is 79.9. The molecule has 0 aliphatic carbocycles.